The average molecular weight is 1170 g/mol. The highest BCUT2D eigenvalue weighted by atomic mass is 16.3. The molecule has 3 aromatic rings. The highest BCUT2D eigenvalue weighted by Gasteiger charge is 2.62. The smallest absolute Gasteiger partial charge is 0.159 e. The van der Waals surface area contributed by atoms with Crippen LogP contribution < -0.4 is 0 Å². The van der Waals surface area contributed by atoms with Crippen LogP contribution in [-0.2, 0) is 24.4 Å². The van der Waals surface area contributed by atoms with Gasteiger partial charge in [-0.05, 0) is 328 Å². The third-order valence-electron chi connectivity index (χ3n) is 28.6. The maximum Gasteiger partial charge on any atom is 0.159 e. The SMILES string of the molecule is C=C(Cn1cncn1)[C@H]1CC[C@H]2[C@@H]3CC[C@@H]4C[C@](C)(O)CC[C@@H]4[C@H]3CC[C@]12C.C=C(Cn1cnnn1)[C@H]1CC[C@H]2[C@@H]3CC[C@@H]4C[C@](C)(O)CC[C@@H]4[C@H]3CC[C@]12C.Cc1cnn(CC(=O)[C@H]2CC[C@H]3[C@@H]4CC[C@@H]5C[C@](C)(O)CC[C@@H]5[C@H]4CC[C@]23C)n1. The molecule has 3 N–H and O–H groups in total. The van der Waals surface area contributed by atoms with Gasteiger partial charge in [0.05, 0.1) is 41.8 Å². The van der Waals surface area contributed by atoms with Crippen molar-refractivity contribution in [1.82, 2.24) is 50.0 Å². The molecule has 12 fully saturated rings. The molecule has 12 aliphatic rings. The van der Waals surface area contributed by atoms with Gasteiger partial charge < -0.3 is 15.3 Å². The lowest BCUT2D eigenvalue weighted by molar-refractivity contribution is -0.133. The van der Waals surface area contributed by atoms with E-state index in [0.29, 0.717) is 40.9 Å². The summed E-state index contributed by atoms with van der Waals surface area (Å²) in [7, 11) is 0. The number of hydrogen-bond donors (Lipinski definition) is 3. The van der Waals surface area contributed by atoms with Crippen molar-refractivity contribution in [3.8, 4) is 0 Å². The fourth-order valence-corrected chi connectivity index (χ4v) is 25.0. The first-order chi connectivity index (χ1) is 40.5. The molecule has 14 nitrogen and oxygen atoms in total. The Kier molecular flexibility index (Phi) is 16.3. The molecule has 12 saturated carbocycles. The minimum absolute atomic E-state index is 0.160. The number of aliphatic hydroxyl groups is 3. The number of carbonyl (C=O) groups is 1. The Morgan fingerprint density at radius 3 is 1.32 bits per heavy atom. The molecule has 12 aliphatic carbocycles. The summed E-state index contributed by atoms with van der Waals surface area (Å²) in [5.74, 6) is 14.2. The molecule has 0 aromatic carbocycles. The molecule has 0 spiro atoms. The molecule has 3 aromatic heterocycles. The molecule has 85 heavy (non-hydrogen) atoms. The largest absolute Gasteiger partial charge is 0.390 e. The number of ketones is 1. The van der Waals surface area contributed by atoms with Gasteiger partial charge in [-0.25, -0.2) is 14.3 Å². The lowest BCUT2D eigenvalue weighted by Crippen LogP contribution is -2.51. The Hall–Kier alpha value is -3.62. The number of nitrogens with zero attached hydrogens (tertiary/aromatic N) is 10. The van der Waals surface area contributed by atoms with Gasteiger partial charge in [-0.3, -0.25) is 4.79 Å². The summed E-state index contributed by atoms with van der Waals surface area (Å²) in [6.07, 6.45) is 40.3. The maximum absolute atomic E-state index is 13.2. The molecule has 14 heteroatoms. The van der Waals surface area contributed by atoms with E-state index in [1.54, 1.807) is 23.6 Å². The van der Waals surface area contributed by atoms with Crippen molar-refractivity contribution >= 4 is 5.78 Å². The predicted octanol–water partition coefficient (Wildman–Crippen LogP) is 13.3. The molecule has 0 radical (unpaired) electrons. The molecule has 0 bridgehead atoms. The second-order valence-corrected chi connectivity index (χ2v) is 33.4. The van der Waals surface area contributed by atoms with E-state index in [0.717, 1.165) is 147 Å². The van der Waals surface area contributed by atoms with Gasteiger partial charge in [0, 0.05) is 5.92 Å². The number of hydrogen-bond acceptors (Lipinski definition) is 11. The molecule has 0 aliphatic heterocycles. The summed E-state index contributed by atoms with van der Waals surface area (Å²) in [5.41, 5.74) is 3.27. The monoisotopic (exact) mass is 1170 g/mol. The van der Waals surface area contributed by atoms with Crippen LogP contribution in [0.4, 0.5) is 0 Å². The second kappa shape index (κ2) is 23.0. The van der Waals surface area contributed by atoms with Crippen LogP contribution in [0.25, 0.3) is 0 Å². The van der Waals surface area contributed by atoms with Crippen LogP contribution in [0, 0.1) is 130 Å². The standard InChI is InChI=1S/C24H37N3O2.C24H37N3O.C23H36N4O/c1-15-13-25-27(26-15)14-22(28)21-7-6-20-19-5-4-16-12-23(2,29)10-8-17(16)18(19)9-11-24(20,21)3;1-16(13-27-15-25-14-26-27)21-6-7-22-20-5-4-17-12-23(2,28)10-8-18(17)19(20)9-11-24(21,22)3;1-15(13-27-14-24-25-26-27)20-6-7-21-19-5-4-16-12-22(2,28)10-8-17(16)18(19)9-11-23(20,21)3/h13,16-21,29H,4-12,14H2,1-3H3;14-15,17-22,28H,1,4-13H2,2-3H3;14,16-21,28H,1,4-13H2,2-3H3/t16-,17+,18-,19-,20+,21-,23-,24+;17-,18+,19-,20-,21-,22+,23-,24-;16-,17+,18-,19-,20-,21+,22-,23-/m111/s1. The molecular formula is C71H110N10O4. The van der Waals surface area contributed by atoms with Crippen molar-refractivity contribution in [3.63, 3.8) is 0 Å². The van der Waals surface area contributed by atoms with E-state index in [1.165, 1.54) is 140 Å². The van der Waals surface area contributed by atoms with Gasteiger partial charge in [-0.15, -0.1) is 5.10 Å². The molecule has 468 valence electrons. The minimum Gasteiger partial charge on any atom is -0.390 e. The van der Waals surface area contributed by atoms with Crippen LogP contribution in [0.2, 0.25) is 0 Å². The van der Waals surface area contributed by atoms with Gasteiger partial charge in [0.25, 0.3) is 0 Å². The van der Waals surface area contributed by atoms with Gasteiger partial charge in [-0.1, -0.05) is 45.1 Å². The first kappa shape index (κ1) is 60.3. The number of Topliss-reactive ketones (excluding diaryl/α,β-unsaturated/α-hetero) is 1. The number of aromatic nitrogens is 10. The van der Waals surface area contributed by atoms with Crippen LogP contribution >= 0.6 is 0 Å². The number of aryl methyl sites for hydroxylation is 1. The van der Waals surface area contributed by atoms with E-state index in [9.17, 15) is 20.1 Å². The van der Waals surface area contributed by atoms with Gasteiger partial charge in [0.15, 0.2) is 5.78 Å². The Morgan fingerprint density at radius 2 is 0.918 bits per heavy atom. The third-order valence-corrected chi connectivity index (χ3v) is 28.6. The van der Waals surface area contributed by atoms with Gasteiger partial charge in [0.1, 0.15) is 25.5 Å². The van der Waals surface area contributed by atoms with Crippen molar-refractivity contribution in [1.29, 1.82) is 0 Å². The Morgan fingerprint density at radius 1 is 0.494 bits per heavy atom. The fraction of sp³-hybridized carbons (Fsp3) is 0.859. The summed E-state index contributed by atoms with van der Waals surface area (Å²) in [5, 5.41) is 56.2. The van der Waals surface area contributed by atoms with Gasteiger partial charge >= 0.3 is 0 Å². The summed E-state index contributed by atoms with van der Waals surface area (Å²) < 4.78 is 3.76. The van der Waals surface area contributed by atoms with Crippen molar-refractivity contribution in [3.05, 3.63) is 55.2 Å². The normalized spacial score (nSPS) is 47.4. The van der Waals surface area contributed by atoms with Crippen molar-refractivity contribution in [2.45, 2.75) is 258 Å². The zero-order valence-electron chi connectivity index (χ0n) is 53.6. The number of allylic oxidation sites excluding steroid dienone is 2. The molecule has 24 atom stereocenters. The van der Waals surface area contributed by atoms with Crippen LogP contribution in [0.1, 0.15) is 221 Å². The van der Waals surface area contributed by atoms with Crippen LogP contribution in [0.15, 0.2) is 49.5 Å². The average Bonchev–Trinajstić information content (AvgIpc) is 2.35. The van der Waals surface area contributed by atoms with Gasteiger partial charge in [0.2, 0.25) is 0 Å². The fourth-order valence-electron chi connectivity index (χ4n) is 25.0. The van der Waals surface area contributed by atoms with Crippen molar-refractivity contribution < 1.29 is 20.1 Å². The number of rotatable bonds is 9. The summed E-state index contributed by atoms with van der Waals surface area (Å²) in [6.45, 7) is 26.6. The predicted molar refractivity (Wildman–Crippen MR) is 330 cm³/mol. The molecule has 0 unspecified atom stereocenters. The zero-order valence-corrected chi connectivity index (χ0v) is 53.6. The number of tetrazole rings is 1. The minimum atomic E-state index is -0.444. The topological polar surface area (TPSA) is 183 Å². The first-order valence-corrected chi connectivity index (χ1v) is 35.0. The van der Waals surface area contributed by atoms with Crippen LogP contribution in [0.3, 0.4) is 0 Å². The lowest BCUT2D eigenvalue weighted by atomic mass is 9.49. The Bertz CT molecular complexity index is 2720. The highest BCUT2D eigenvalue weighted by Crippen LogP contribution is 2.69. The van der Waals surface area contributed by atoms with E-state index < -0.39 is 16.8 Å². The third kappa shape index (κ3) is 11.4. The second-order valence-electron chi connectivity index (χ2n) is 33.4. The molecule has 0 amide bonds. The van der Waals surface area contributed by atoms with Crippen molar-refractivity contribution in [2.75, 3.05) is 0 Å². The molecular weight excluding hydrogens is 1060 g/mol. The molecule has 3 heterocycles. The first-order valence-electron chi connectivity index (χ1n) is 35.0. The van der Waals surface area contributed by atoms with E-state index in [1.807, 2.05) is 29.5 Å². The Labute approximate surface area is 509 Å². The zero-order chi connectivity index (χ0) is 59.4. The van der Waals surface area contributed by atoms with E-state index in [4.69, 9.17) is 0 Å². The number of fused-ring (bicyclic) bond motifs is 15. The van der Waals surface area contributed by atoms with Crippen molar-refractivity contribution in [2.24, 2.45) is 123 Å². The Balaban J connectivity index is 0.000000119. The molecule has 0 saturated heterocycles. The summed E-state index contributed by atoms with van der Waals surface area (Å²) in [6, 6.07) is 0. The van der Waals surface area contributed by atoms with E-state index >= 15 is 0 Å². The summed E-state index contributed by atoms with van der Waals surface area (Å²) >= 11 is 0. The van der Waals surface area contributed by atoms with Gasteiger partial charge in [-0.2, -0.15) is 20.1 Å². The van der Waals surface area contributed by atoms with E-state index in [2.05, 4.69) is 83.6 Å². The maximum atomic E-state index is 13.2. The number of carbonyl (C=O) groups excluding carboxylic acids is 1. The summed E-state index contributed by atoms with van der Waals surface area (Å²) in [4.78, 5) is 18.9. The molecule has 15 rings (SSSR count). The van der Waals surface area contributed by atoms with Crippen LogP contribution in [-0.4, -0.2) is 87.9 Å². The van der Waals surface area contributed by atoms with Crippen LogP contribution in [0.5, 0.6) is 0 Å². The quantitative estimate of drug-likeness (QED) is 0.173. The highest BCUT2D eigenvalue weighted by molar-refractivity contribution is 5.82. The lowest BCUT2D eigenvalue weighted by Gasteiger charge is -2.57. The van der Waals surface area contributed by atoms with E-state index in [-0.39, 0.29) is 11.3 Å².